The lowest BCUT2D eigenvalue weighted by molar-refractivity contribution is -0.130. The van der Waals surface area contributed by atoms with Gasteiger partial charge in [0.15, 0.2) is 4.21 Å². The molecule has 0 saturated carbocycles. The van der Waals surface area contributed by atoms with Crippen LogP contribution in [0.1, 0.15) is 45.1 Å². The average molecular weight is 498 g/mol. The molecule has 2 rings (SSSR count). The summed E-state index contributed by atoms with van der Waals surface area (Å²) in [6.07, 6.45) is 3.68. The van der Waals surface area contributed by atoms with Crippen molar-refractivity contribution in [2.75, 3.05) is 19.6 Å². The predicted molar refractivity (Wildman–Crippen MR) is 130 cm³/mol. The van der Waals surface area contributed by atoms with Crippen LogP contribution in [-0.2, 0) is 19.6 Å². The molecule has 0 fully saturated rings. The average Bonchev–Trinajstić information content (AvgIpc) is 2.77. The van der Waals surface area contributed by atoms with Gasteiger partial charge in [-0.3, -0.25) is 9.59 Å². The van der Waals surface area contributed by atoms with Gasteiger partial charge in [0.2, 0.25) is 5.91 Å². The molecule has 0 aromatic heterocycles. The van der Waals surface area contributed by atoms with Gasteiger partial charge in [-0.05, 0) is 30.1 Å². The number of aliphatic hydroxyl groups excluding tert-OH is 1. The summed E-state index contributed by atoms with van der Waals surface area (Å²) >= 11 is 6.81. The predicted octanol–water partition coefficient (Wildman–Crippen LogP) is 2.14. The number of hydrogen-bond donors (Lipinski definition) is 3. The molecule has 4 N–H and O–H groups in total. The Morgan fingerprint density at radius 3 is 2.52 bits per heavy atom. The third-order valence-corrected chi connectivity index (χ3v) is 7.99. The molecule has 1 aliphatic rings. The highest BCUT2D eigenvalue weighted by molar-refractivity contribution is 7.93. The summed E-state index contributed by atoms with van der Waals surface area (Å²) in [5.74, 6) is -1.13. The fourth-order valence-electron chi connectivity index (χ4n) is 3.53. The van der Waals surface area contributed by atoms with Gasteiger partial charge in [0.25, 0.3) is 15.9 Å². The Hall–Kier alpha value is -2.20. The maximum atomic E-state index is 13.3. The smallest absolute Gasteiger partial charge is 0.262 e. The fraction of sp³-hybridized carbons (Fsp3) is 0.478. The molecule has 10 heteroatoms. The van der Waals surface area contributed by atoms with Gasteiger partial charge in [-0.15, -0.1) is 0 Å². The lowest BCUT2D eigenvalue weighted by Crippen LogP contribution is -2.49. The number of hydrogen-bond acceptors (Lipinski definition) is 6. The standard InChI is InChI=1S/C23H32ClN3O5S/c1-3-4-10-21(29)27(14-13-25)16-18-11-12-20(19-8-6-5-7-9-19)23(24,15-18)33(31,32)26-22(30)17(2)28/h5-9,11-12,17,28H,3-4,10,13-16,25H2,1-2H3,(H,26,30)/t17-,23?/m0/s1. The SMILES string of the molecule is CCCCC(=O)N(CCN)CC1=CC=C(c2ccccc2)C(Cl)(S(=O)(=O)NC(=O)[C@H](C)O)C1. The lowest BCUT2D eigenvalue weighted by atomic mass is 9.92. The van der Waals surface area contributed by atoms with E-state index in [4.69, 9.17) is 17.3 Å². The number of allylic oxidation sites excluding steroid dienone is 2. The summed E-state index contributed by atoms with van der Waals surface area (Å²) in [6, 6.07) is 8.75. The third-order valence-electron chi connectivity index (χ3n) is 5.36. The first kappa shape index (κ1) is 27.0. The van der Waals surface area contributed by atoms with E-state index in [1.165, 1.54) is 6.92 Å². The zero-order valence-electron chi connectivity index (χ0n) is 19.0. The third kappa shape index (κ3) is 6.66. The van der Waals surface area contributed by atoms with E-state index >= 15 is 0 Å². The Morgan fingerprint density at radius 2 is 1.94 bits per heavy atom. The van der Waals surface area contributed by atoms with Gasteiger partial charge >= 0.3 is 0 Å². The van der Waals surface area contributed by atoms with E-state index in [2.05, 4.69) is 0 Å². The zero-order chi connectivity index (χ0) is 24.6. The Labute approximate surface area is 200 Å². The van der Waals surface area contributed by atoms with E-state index in [0.29, 0.717) is 29.7 Å². The molecule has 8 nitrogen and oxygen atoms in total. The first-order chi connectivity index (χ1) is 15.6. The van der Waals surface area contributed by atoms with E-state index in [0.717, 1.165) is 12.8 Å². The second kappa shape index (κ2) is 11.8. The minimum Gasteiger partial charge on any atom is -0.384 e. The maximum Gasteiger partial charge on any atom is 0.262 e. The Morgan fingerprint density at radius 1 is 1.27 bits per heavy atom. The molecule has 0 heterocycles. The van der Waals surface area contributed by atoms with Crippen molar-refractivity contribution in [1.29, 1.82) is 0 Å². The van der Waals surface area contributed by atoms with Crippen LogP contribution >= 0.6 is 11.6 Å². The number of rotatable bonds is 11. The van der Waals surface area contributed by atoms with E-state index < -0.39 is 26.2 Å². The first-order valence-corrected chi connectivity index (χ1v) is 12.8. The summed E-state index contributed by atoms with van der Waals surface area (Å²) in [6.45, 7) is 3.93. The summed E-state index contributed by atoms with van der Waals surface area (Å²) < 4.78 is 26.5. The topological polar surface area (TPSA) is 130 Å². The molecule has 33 heavy (non-hydrogen) atoms. The highest BCUT2D eigenvalue weighted by Gasteiger charge is 2.49. The van der Waals surface area contributed by atoms with Gasteiger partial charge < -0.3 is 15.7 Å². The number of carbonyl (C=O) groups is 2. The summed E-state index contributed by atoms with van der Waals surface area (Å²) in [4.78, 5) is 26.2. The van der Waals surface area contributed by atoms with E-state index in [-0.39, 0.29) is 25.4 Å². The van der Waals surface area contributed by atoms with Crippen LogP contribution in [0, 0.1) is 0 Å². The van der Waals surface area contributed by atoms with Crippen molar-refractivity contribution in [3.8, 4) is 0 Å². The summed E-state index contributed by atoms with van der Waals surface area (Å²) in [7, 11) is -4.47. The molecular formula is C23H32ClN3O5S. The highest BCUT2D eigenvalue weighted by Crippen LogP contribution is 2.45. The van der Waals surface area contributed by atoms with Crippen LogP contribution < -0.4 is 10.5 Å². The van der Waals surface area contributed by atoms with Gasteiger partial charge in [0.1, 0.15) is 6.10 Å². The minimum atomic E-state index is -4.47. The minimum absolute atomic E-state index is 0.0635. The van der Waals surface area contributed by atoms with Gasteiger partial charge in [0.05, 0.1) is 0 Å². The van der Waals surface area contributed by atoms with Gasteiger partial charge in [-0.25, -0.2) is 13.1 Å². The number of nitrogens with zero attached hydrogens (tertiary/aromatic N) is 1. The molecule has 182 valence electrons. The molecule has 2 amide bonds. The quantitative estimate of drug-likeness (QED) is 0.401. The molecule has 0 saturated heterocycles. The zero-order valence-corrected chi connectivity index (χ0v) is 20.5. The summed E-state index contributed by atoms with van der Waals surface area (Å²) in [5, 5.41) is 9.51. The van der Waals surface area contributed by atoms with Crippen molar-refractivity contribution in [2.45, 2.75) is 49.8 Å². The van der Waals surface area contributed by atoms with Crippen LogP contribution in [0.3, 0.4) is 0 Å². The Bertz CT molecular complexity index is 1010. The van der Waals surface area contributed by atoms with Crippen LogP contribution in [0.5, 0.6) is 0 Å². The monoisotopic (exact) mass is 497 g/mol. The van der Waals surface area contributed by atoms with Crippen molar-refractivity contribution in [3.05, 3.63) is 53.6 Å². The largest absolute Gasteiger partial charge is 0.384 e. The fourth-order valence-corrected chi connectivity index (χ4v) is 5.43. The number of nitrogens with two attached hydrogens (primary N) is 1. The maximum absolute atomic E-state index is 13.3. The Balaban J connectivity index is 2.45. The molecular weight excluding hydrogens is 466 g/mol. The second-order valence-electron chi connectivity index (χ2n) is 8.03. The van der Waals surface area contributed by atoms with E-state index in [9.17, 15) is 23.1 Å². The molecule has 2 atom stereocenters. The number of unbranched alkanes of at least 4 members (excludes halogenated alkanes) is 1. The van der Waals surface area contributed by atoms with Gasteiger partial charge in [-0.1, -0.05) is 67.4 Å². The molecule has 0 aliphatic heterocycles. The number of nitrogens with one attached hydrogen (secondary N) is 1. The van der Waals surface area contributed by atoms with Crippen molar-refractivity contribution in [2.24, 2.45) is 5.73 Å². The first-order valence-electron chi connectivity index (χ1n) is 10.9. The molecule has 1 aromatic rings. The molecule has 0 bridgehead atoms. The molecule has 1 aliphatic carbocycles. The van der Waals surface area contributed by atoms with E-state index in [1.54, 1.807) is 47.4 Å². The van der Waals surface area contributed by atoms with Crippen molar-refractivity contribution in [1.82, 2.24) is 9.62 Å². The van der Waals surface area contributed by atoms with Crippen LogP contribution in [0.4, 0.5) is 0 Å². The van der Waals surface area contributed by atoms with Crippen LogP contribution in [0.25, 0.3) is 5.57 Å². The van der Waals surface area contributed by atoms with Gasteiger partial charge in [-0.2, -0.15) is 0 Å². The number of carbonyl (C=O) groups excluding carboxylic acids is 2. The molecule has 1 unspecified atom stereocenters. The van der Waals surface area contributed by atoms with E-state index in [1.807, 2.05) is 11.6 Å². The van der Waals surface area contributed by atoms with Gasteiger partial charge in [0, 0.05) is 32.5 Å². The number of aliphatic hydroxyl groups is 1. The second-order valence-corrected chi connectivity index (χ2v) is 10.8. The lowest BCUT2D eigenvalue weighted by Gasteiger charge is -2.35. The number of sulfonamides is 1. The number of halogens is 1. The number of benzene rings is 1. The Kier molecular flexibility index (Phi) is 9.66. The van der Waals surface area contributed by atoms with Crippen molar-refractivity contribution >= 4 is 39.0 Å². The van der Waals surface area contributed by atoms with Crippen molar-refractivity contribution in [3.63, 3.8) is 0 Å². The highest BCUT2D eigenvalue weighted by atomic mass is 35.5. The normalized spacial score (nSPS) is 19.3. The van der Waals surface area contributed by atoms with Crippen LogP contribution in [0.15, 0.2) is 48.1 Å². The molecule has 0 spiro atoms. The number of amides is 2. The van der Waals surface area contributed by atoms with Crippen molar-refractivity contribution < 1.29 is 23.1 Å². The molecule has 0 radical (unpaired) electrons. The number of alkyl halides is 1. The van der Waals surface area contributed by atoms with Crippen LogP contribution in [0.2, 0.25) is 0 Å². The molecule has 1 aromatic carbocycles. The summed E-state index contributed by atoms with van der Waals surface area (Å²) in [5.41, 5.74) is 7.17. The van der Waals surface area contributed by atoms with Crippen LogP contribution in [-0.4, -0.2) is 60.2 Å².